The average Bonchev–Trinajstić information content (AvgIpc) is 3.41. The Morgan fingerprint density at radius 2 is 1.94 bits per heavy atom. The summed E-state index contributed by atoms with van der Waals surface area (Å²) in [6.45, 7) is 4.02. The fourth-order valence-electron chi connectivity index (χ4n) is 5.50. The third kappa shape index (κ3) is 3.69. The molecular formula is C27H28ClN5. The molecule has 5 nitrogen and oxygen atoms in total. The van der Waals surface area contributed by atoms with E-state index in [0.29, 0.717) is 6.04 Å². The van der Waals surface area contributed by atoms with Gasteiger partial charge in [-0.3, -0.25) is 4.90 Å². The lowest BCUT2D eigenvalue weighted by Crippen LogP contribution is -2.42. The van der Waals surface area contributed by atoms with Gasteiger partial charge in [0, 0.05) is 55.7 Å². The fraction of sp³-hybridized carbons (Fsp3) is 0.333. The molecule has 0 N–H and O–H groups in total. The van der Waals surface area contributed by atoms with E-state index in [1.165, 1.54) is 34.6 Å². The summed E-state index contributed by atoms with van der Waals surface area (Å²) in [6, 6.07) is 15.4. The Morgan fingerprint density at radius 1 is 1.06 bits per heavy atom. The summed E-state index contributed by atoms with van der Waals surface area (Å²) in [5, 5.41) is 0.757. The summed E-state index contributed by atoms with van der Waals surface area (Å²) < 4.78 is 4.36. The van der Waals surface area contributed by atoms with E-state index in [-0.39, 0.29) is 0 Å². The highest BCUT2D eigenvalue weighted by Crippen LogP contribution is 2.33. The highest BCUT2D eigenvalue weighted by Gasteiger charge is 2.30. The Hall–Kier alpha value is -2.89. The first kappa shape index (κ1) is 20.7. The number of aryl methyl sites for hydroxylation is 2. The van der Waals surface area contributed by atoms with E-state index in [1.807, 2.05) is 31.5 Å². The van der Waals surface area contributed by atoms with Gasteiger partial charge in [0.2, 0.25) is 0 Å². The Morgan fingerprint density at radius 3 is 2.76 bits per heavy atom. The van der Waals surface area contributed by atoms with Crippen molar-refractivity contribution in [3.8, 4) is 17.1 Å². The van der Waals surface area contributed by atoms with Crippen LogP contribution in [0.3, 0.4) is 0 Å². The molecule has 3 heterocycles. The molecule has 0 fully saturated rings. The zero-order valence-corrected chi connectivity index (χ0v) is 19.9. The molecule has 0 saturated carbocycles. The summed E-state index contributed by atoms with van der Waals surface area (Å²) in [4.78, 5) is 12.1. The van der Waals surface area contributed by atoms with E-state index in [1.54, 1.807) is 0 Å². The molecule has 1 atom stereocenters. The standard InChI is InChI=1S/C27H28ClN5/c1-18-15-33(17-29-18)22-10-8-19-7-9-21(13-20(19)14-22)32-12-11-26-25(16-32)30-27(31(26)2)23-5-3-4-6-24(23)28/h3-6,8,10,14-15,17,21H,7,9,11-13,16H2,1-2H3. The van der Waals surface area contributed by atoms with Crippen molar-refractivity contribution < 1.29 is 0 Å². The molecule has 0 saturated heterocycles. The molecule has 1 unspecified atom stereocenters. The van der Waals surface area contributed by atoms with E-state index in [9.17, 15) is 0 Å². The van der Waals surface area contributed by atoms with Gasteiger partial charge in [0.15, 0.2) is 0 Å². The fourth-order valence-corrected chi connectivity index (χ4v) is 5.72. The van der Waals surface area contributed by atoms with Gasteiger partial charge in [-0.1, -0.05) is 29.8 Å². The van der Waals surface area contributed by atoms with Crippen LogP contribution in [0, 0.1) is 6.92 Å². The van der Waals surface area contributed by atoms with Gasteiger partial charge in [-0.05, 0) is 61.6 Å². The number of fused-ring (bicyclic) bond motifs is 2. The number of imidazole rings is 2. The monoisotopic (exact) mass is 457 g/mol. The van der Waals surface area contributed by atoms with E-state index in [2.05, 4.69) is 56.5 Å². The van der Waals surface area contributed by atoms with E-state index < -0.39 is 0 Å². The van der Waals surface area contributed by atoms with Crippen LogP contribution in [0.4, 0.5) is 0 Å². The Bertz CT molecular complexity index is 1330. The molecule has 0 spiro atoms. The van der Waals surface area contributed by atoms with Gasteiger partial charge in [0.1, 0.15) is 5.82 Å². The van der Waals surface area contributed by atoms with E-state index >= 15 is 0 Å². The van der Waals surface area contributed by atoms with Crippen molar-refractivity contribution >= 4 is 11.6 Å². The maximum absolute atomic E-state index is 6.48. The van der Waals surface area contributed by atoms with Crippen LogP contribution >= 0.6 is 11.6 Å². The SMILES string of the molecule is Cc1cn(-c2ccc3c(c2)CC(N2CCc4c(nc(-c5ccccc5Cl)n4C)C2)CC3)cn1. The van der Waals surface area contributed by atoms with Crippen molar-refractivity contribution in [1.29, 1.82) is 0 Å². The Kier molecular flexibility index (Phi) is 5.11. The maximum atomic E-state index is 6.48. The van der Waals surface area contributed by atoms with Gasteiger partial charge < -0.3 is 9.13 Å². The number of hydrogen-bond acceptors (Lipinski definition) is 3. The van der Waals surface area contributed by atoms with Crippen LogP contribution in [-0.4, -0.2) is 36.6 Å². The van der Waals surface area contributed by atoms with Crippen molar-refractivity contribution in [3.05, 3.63) is 88.2 Å². The Balaban J connectivity index is 1.24. The largest absolute Gasteiger partial charge is 0.331 e. The molecule has 2 aliphatic rings. The third-order valence-corrected chi connectivity index (χ3v) is 7.65. The molecule has 1 aliphatic carbocycles. The number of nitrogens with zero attached hydrogens (tertiary/aromatic N) is 5. The quantitative estimate of drug-likeness (QED) is 0.427. The normalized spacial score (nSPS) is 18.2. The molecule has 0 amide bonds. The van der Waals surface area contributed by atoms with Gasteiger partial charge >= 0.3 is 0 Å². The number of hydrogen-bond donors (Lipinski definition) is 0. The molecule has 6 heteroatoms. The van der Waals surface area contributed by atoms with Gasteiger partial charge in [0.05, 0.1) is 22.7 Å². The van der Waals surface area contributed by atoms with Crippen LogP contribution in [0.5, 0.6) is 0 Å². The van der Waals surface area contributed by atoms with Crippen molar-refractivity contribution in [2.24, 2.45) is 7.05 Å². The molecule has 4 aromatic rings. The van der Waals surface area contributed by atoms with Crippen LogP contribution in [0.1, 0.15) is 34.6 Å². The van der Waals surface area contributed by atoms with Crippen molar-refractivity contribution in [3.63, 3.8) is 0 Å². The number of aromatic nitrogens is 4. The first-order valence-electron chi connectivity index (χ1n) is 11.7. The molecular weight excluding hydrogens is 430 g/mol. The second kappa shape index (κ2) is 8.15. The first-order valence-corrected chi connectivity index (χ1v) is 12.1. The minimum absolute atomic E-state index is 0.552. The molecule has 0 bridgehead atoms. The number of halogens is 1. The predicted octanol–water partition coefficient (Wildman–Crippen LogP) is 5.15. The van der Waals surface area contributed by atoms with Crippen molar-refractivity contribution in [2.45, 2.75) is 45.2 Å². The number of rotatable bonds is 3. The third-order valence-electron chi connectivity index (χ3n) is 7.32. The molecule has 2 aromatic heterocycles. The highest BCUT2D eigenvalue weighted by atomic mass is 35.5. The first-order chi connectivity index (χ1) is 16.1. The molecule has 168 valence electrons. The second-order valence-corrected chi connectivity index (χ2v) is 9.77. The van der Waals surface area contributed by atoms with Crippen molar-refractivity contribution in [1.82, 2.24) is 24.0 Å². The summed E-state index contributed by atoms with van der Waals surface area (Å²) >= 11 is 6.48. The van der Waals surface area contributed by atoms with Crippen LogP contribution in [0.15, 0.2) is 55.0 Å². The van der Waals surface area contributed by atoms with Crippen LogP contribution in [-0.2, 0) is 32.9 Å². The topological polar surface area (TPSA) is 38.9 Å². The summed E-state index contributed by atoms with van der Waals surface area (Å²) in [5.41, 5.74) is 8.76. The second-order valence-electron chi connectivity index (χ2n) is 9.36. The molecule has 1 aliphatic heterocycles. The van der Waals surface area contributed by atoms with Gasteiger partial charge in [-0.15, -0.1) is 0 Å². The lowest BCUT2D eigenvalue weighted by Gasteiger charge is -2.37. The zero-order chi connectivity index (χ0) is 22.5. The van der Waals surface area contributed by atoms with E-state index in [0.717, 1.165) is 54.5 Å². The average molecular weight is 458 g/mol. The molecule has 2 aromatic carbocycles. The van der Waals surface area contributed by atoms with Crippen LogP contribution in [0.2, 0.25) is 5.02 Å². The number of benzene rings is 2. The van der Waals surface area contributed by atoms with E-state index in [4.69, 9.17) is 16.6 Å². The lowest BCUT2D eigenvalue weighted by atomic mass is 9.86. The lowest BCUT2D eigenvalue weighted by molar-refractivity contribution is 0.160. The smallest absolute Gasteiger partial charge is 0.141 e. The highest BCUT2D eigenvalue weighted by molar-refractivity contribution is 6.33. The predicted molar refractivity (Wildman–Crippen MR) is 132 cm³/mol. The van der Waals surface area contributed by atoms with Gasteiger partial charge in [-0.2, -0.15) is 0 Å². The molecule has 0 radical (unpaired) electrons. The van der Waals surface area contributed by atoms with Gasteiger partial charge in [-0.25, -0.2) is 9.97 Å². The minimum atomic E-state index is 0.552. The van der Waals surface area contributed by atoms with Crippen LogP contribution in [0.25, 0.3) is 17.1 Å². The Labute approximate surface area is 199 Å². The summed E-state index contributed by atoms with van der Waals surface area (Å²) in [6.07, 6.45) is 8.46. The molecule has 6 rings (SSSR count). The maximum Gasteiger partial charge on any atom is 0.141 e. The van der Waals surface area contributed by atoms with Crippen LogP contribution < -0.4 is 0 Å². The molecule has 33 heavy (non-hydrogen) atoms. The zero-order valence-electron chi connectivity index (χ0n) is 19.1. The minimum Gasteiger partial charge on any atom is -0.331 e. The van der Waals surface area contributed by atoms with Gasteiger partial charge in [0.25, 0.3) is 0 Å². The van der Waals surface area contributed by atoms with Crippen molar-refractivity contribution in [2.75, 3.05) is 6.54 Å². The summed E-state index contributed by atoms with van der Waals surface area (Å²) in [7, 11) is 2.12. The summed E-state index contributed by atoms with van der Waals surface area (Å²) in [5.74, 6) is 0.974.